The molecule has 0 unspecified atom stereocenters. The molecule has 0 radical (unpaired) electrons. The van der Waals surface area contributed by atoms with Gasteiger partial charge in [-0.1, -0.05) is 18.2 Å². The van der Waals surface area contributed by atoms with Crippen LogP contribution in [0, 0.1) is 0 Å². The molecule has 0 aliphatic heterocycles. The molecule has 17 heavy (non-hydrogen) atoms. The highest BCUT2D eigenvalue weighted by Gasteiger charge is 2.05. The third-order valence-corrected chi connectivity index (χ3v) is 2.36. The maximum Gasteiger partial charge on any atom is 0.250 e. The minimum atomic E-state index is -2.33. The minimum Gasteiger partial charge on any atom is -0.307 e. The number of nitrogens with one attached hydrogen (secondary N) is 1. The molecule has 2 rings (SSSR count). The third-order valence-electron chi connectivity index (χ3n) is 2.36. The van der Waals surface area contributed by atoms with Crippen molar-refractivity contribution >= 4 is 0 Å². The first-order chi connectivity index (χ1) is 8.27. The number of halogens is 2. The standard InChI is InChI=1S/C12H13F2N3/c13-12(14)9-15-8-10-4-1-2-5-11(10)17-7-3-6-16-17/h1-7,12,15H,8-9H2. The van der Waals surface area contributed by atoms with E-state index in [0.29, 0.717) is 6.54 Å². The van der Waals surface area contributed by atoms with Crippen molar-refractivity contribution in [3.63, 3.8) is 0 Å². The van der Waals surface area contributed by atoms with Crippen LogP contribution >= 0.6 is 0 Å². The highest BCUT2D eigenvalue weighted by Crippen LogP contribution is 2.13. The Labute approximate surface area is 98.1 Å². The third kappa shape index (κ3) is 3.10. The van der Waals surface area contributed by atoms with Gasteiger partial charge in [-0.25, -0.2) is 13.5 Å². The van der Waals surface area contributed by atoms with Crippen LogP contribution in [0.1, 0.15) is 5.56 Å². The second-order valence-electron chi connectivity index (χ2n) is 3.60. The van der Waals surface area contributed by atoms with Gasteiger partial charge in [-0.2, -0.15) is 5.10 Å². The molecule has 1 aromatic heterocycles. The summed E-state index contributed by atoms with van der Waals surface area (Å²) in [5.41, 5.74) is 1.84. The Bertz CT molecular complexity index is 455. The Morgan fingerprint density at radius 2 is 2.06 bits per heavy atom. The van der Waals surface area contributed by atoms with Crippen LogP contribution in [0.4, 0.5) is 8.78 Å². The van der Waals surface area contributed by atoms with Crippen LogP contribution in [0.15, 0.2) is 42.7 Å². The molecule has 0 amide bonds. The molecule has 1 aromatic carbocycles. The lowest BCUT2D eigenvalue weighted by Crippen LogP contribution is -2.21. The molecule has 0 aliphatic carbocycles. The Kier molecular flexibility index (Phi) is 3.82. The van der Waals surface area contributed by atoms with Gasteiger partial charge in [0.1, 0.15) is 0 Å². The predicted octanol–water partition coefficient (Wildman–Crippen LogP) is 2.23. The molecular formula is C12H13F2N3. The minimum absolute atomic E-state index is 0.298. The van der Waals surface area contributed by atoms with Crippen LogP contribution in [-0.2, 0) is 6.54 Å². The average molecular weight is 237 g/mol. The van der Waals surface area contributed by atoms with Crippen molar-refractivity contribution in [2.45, 2.75) is 13.0 Å². The number of alkyl halides is 2. The van der Waals surface area contributed by atoms with Crippen molar-refractivity contribution < 1.29 is 8.78 Å². The Balaban J connectivity index is 2.11. The molecule has 5 heteroatoms. The number of hydrogen-bond acceptors (Lipinski definition) is 2. The molecule has 0 spiro atoms. The van der Waals surface area contributed by atoms with Gasteiger partial charge in [0.15, 0.2) is 0 Å². The van der Waals surface area contributed by atoms with Crippen LogP contribution in [0.2, 0.25) is 0 Å². The fourth-order valence-corrected chi connectivity index (χ4v) is 1.61. The number of rotatable bonds is 5. The van der Waals surface area contributed by atoms with Crippen molar-refractivity contribution in [2.24, 2.45) is 0 Å². The molecule has 0 bridgehead atoms. The van der Waals surface area contributed by atoms with Crippen molar-refractivity contribution in [3.05, 3.63) is 48.3 Å². The smallest absolute Gasteiger partial charge is 0.250 e. The molecule has 1 N–H and O–H groups in total. The average Bonchev–Trinajstić information content (AvgIpc) is 2.82. The van der Waals surface area contributed by atoms with Crippen LogP contribution < -0.4 is 5.32 Å². The summed E-state index contributed by atoms with van der Waals surface area (Å²) < 4.78 is 25.8. The fraction of sp³-hybridized carbons (Fsp3) is 0.250. The van der Waals surface area contributed by atoms with E-state index >= 15 is 0 Å². The van der Waals surface area contributed by atoms with E-state index in [2.05, 4.69) is 10.4 Å². The second kappa shape index (κ2) is 5.54. The zero-order valence-corrected chi connectivity index (χ0v) is 9.18. The van der Waals surface area contributed by atoms with E-state index in [1.165, 1.54) is 0 Å². The van der Waals surface area contributed by atoms with E-state index in [-0.39, 0.29) is 6.54 Å². The first-order valence-corrected chi connectivity index (χ1v) is 5.34. The lowest BCUT2D eigenvalue weighted by molar-refractivity contribution is 0.145. The summed E-state index contributed by atoms with van der Waals surface area (Å²) in [6.45, 7) is 0.105. The quantitative estimate of drug-likeness (QED) is 0.864. The van der Waals surface area contributed by atoms with Crippen molar-refractivity contribution in [2.75, 3.05) is 6.54 Å². The number of benzene rings is 1. The van der Waals surface area contributed by atoms with Gasteiger partial charge in [0, 0.05) is 18.9 Å². The van der Waals surface area contributed by atoms with Crippen LogP contribution in [-0.4, -0.2) is 22.8 Å². The first-order valence-electron chi connectivity index (χ1n) is 5.34. The summed E-state index contributed by atoms with van der Waals surface area (Å²) >= 11 is 0. The van der Waals surface area contributed by atoms with E-state index in [9.17, 15) is 8.78 Å². The normalized spacial score (nSPS) is 11.0. The first kappa shape index (κ1) is 11.7. The zero-order chi connectivity index (χ0) is 12.1. The van der Waals surface area contributed by atoms with Crippen LogP contribution in [0.25, 0.3) is 5.69 Å². The number of aromatic nitrogens is 2. The molecule has 0 fully saturated rings. The molecule has 0 aliphatic rings. The van der Waals surface area contributed by atoms with Gasteiger partial charge in [-0.3, -0.25) is 0 Å². The van der Waals surface area contributed by atoms with Crippen LogP contribution in [0.5, 0.6) is 0 Å². The SMILES string of the molecule is FC(F)CNCc1ccccc1-n1cccn1. The van der Waals surface area contributed by atoms with E-state index in [1.807, 2.05) is 36.5 Å². The van der Waals surface area contributed by atoms with E-state index in [0.717, 1.165) is 11.3 Å². The van der Waals surface area contributed by atoms with Gasteiger partial charge in [0.2, 0.25) is 0 Å². The molecule has 2 aromatic rings. The number of hydrogen-bond donors (Lipinski definition) is 1. The summed E-state index contributed by atoms with van der Waals surface area (Å²) in [5.74, 6) is 0. The second-order valence-corrected chi connectivity index (χ2v) is 3.60. The highest BCUT2D eigenvalue weighted by molar-refractivity contribution is 5.40. The maximum absolute atomic E-state index is 12.0. The summed E-state index contributed by atoms with van der Waals surface area (Å²) in [6, 6.07) is 9.41. The fourth-order valence-electron chi connectivity index (χ4n) is 1.61. The number of nitrogens with zero attached hydrogens (tertiary/aromatic N) is 2. The lowest BCUT2D eigenvalue weighted by atomic mass is 10.2. The topological polar surface area (TPSA) is 29.9 Å². The van der Waals surface area contributed by atoms with Crippen molar-refractivity contribution in [1.82, 2.24) is 15.1 Å². The highest BCUT2D eigenvalue weighted by atomic mass is 19.3. The molecule has 3 nitrogen and oxygen atoms in total. The van der Waals surface area contributed by atoms with Crippen molar-refractivity contribution in [3.8, 4) is 5.69 Å². The summed E-state index contributed by atoms with van der Waals surface area (Å²) in [5, 5.41) is 6.84. The van der Waals surface area contributed by atoms with Gasteiger partial charge in [-0.15, -0.1) is 0 Å². The number of para-hydroxylation sites is 1. The monoisotopic (exact) mass is 237 g/mol. The molecule has 0 atom stereocenters. The van der Waals surface area contributed by atoms with Gasteiger partial charge < -0.3 is 5.32 Å². The summed E-state index contributed by atoms with van der Waals surface area (Å²) in [7, 11) is 0. The molecular weight excluding hydrogens is 224 g/mol. The van der Waals surface area contributed by atoms with E-state index in [4.69, 9.17) is 0 Å². The molecule has 0 saturated heterocycles. The zero-order valence-electron chi connectivity index (χ0n) is 9.18. The van der Waals surface area contributed by atoms with Crippen LogP contribution in [0.3, 0.4) is 0 Å². The van der Waals surface area contributed by atoms with Gasteiger partial charge in [-0.05, 0) is 17.7 Å². The van der Waals surface area contributed by atoms with Gasteiger partial charge in [0.25, 0.3) is 6.43 Å². The lowest BCUT2D eigenvalue weighted by Gasteiger charge is -2.10. The maximum atomic E-state index is 12.0. The molecule has 0 saturated carbocycles. The molecule has 1 heterocycles. The van der Waals surface area contributed by atoms with Gasteiger partial charge in [0.05, 0.1) is 12.2 Å². The Morgan fingerprint density at radius 3 is 2.76 bits per heavy atom. The molecule has 90 valence electrons. The Morgan fingerprint density at radius 1 is 1.24 bits per heavy atom. The largest absolute Gasteiger partial charge is 0.307 e. The predicted molar refractivity (Wildman–Crippen MR) is 61.3 cm³/mol. The summed E-state index contributed by atoms with van der Waals surface area (Å²) in [4.78, 5) is 0. The van der Waals surface area contributed by atoms with E-state index < -0.39 is 6.43 Å². The van der Waals surface area contributed by atoms with Gasteiger partial charge >= 0.3 is 0 Å². The van der Waals surface area contributed by atoms with E-state index in [1.54, 1.807) is 10.9 Å². The Hall–Kier alpha value is -1.75. The van der Waals surface area contributed by atoms with Crippen molar-refractivity contribution in [1.29, 1.82) is 0 Å². The summed E-state index contributed by atoms with van der Waals surface area (Å²) in [6.07, 6.45) is 1.18.